The zero-order valence-corrected chi connectivity index (χ0v) is 12.0. The lowest BCUT2D eigenvalue weighted by Gasteiger charge is -2.16. The third-order valence-electron chi connectivity index (χ3n) is 3.54. The van der Waals surface area contributed by atoms with Crippen LogP contribution in [0.2, 0.25) is 0 Å². The van der Waals surface area contributed by atoms with Crippen molar-refractivity contribution in [1.29, 1.82) is 0 Å². The lowest BCUT2D eigenvalue weighted by molar-refractivity contribution is 0.0484. The molecule has 106 valence electrons. The minimum absolute atomic E-state index is 0.0567. The van der Waals surface area contributed by atoms with E-state index in [1.54, 1.807) is 6.20 Å². The molecular formula is C14H23N3O2. The van der Waals surface area contributed by atoms with Gasteiger partial charge in [-0.15, -0.1) is 0 Å². The molecule has 1 N–H and O–H groups in total. The molecule has 0 radical (unpaired) electrons. The summed E-state index contributed by atoms with van der Waals surface area (Å²) in [6.45, 7) is 8.50. The Hall–Kier alpha value is -1.36. The number of hydrogen-bond donors (Lipinski definition) is 1. The molecule has 5 heteroatoms. The Morgan fingerprint density at radius 2 is 2.42 bits per heavy atom. The maximum atomic E-state index is 12.3. The summed E-state index contributed by atoms with van der Waals surface area (Å²) in [5.74, 6) is 0.717. The quantitative estimate of drug-likeness (QED) is 0.885. The second-order valence-electron chi connectivity index (χ2n) is 5.62. The Bertz CT molecular complexity index is 428. The lowest BCUT2D eigenvalue weighted by atomic mass is 10.1. The van der Waals surface area contributed by atoms with E-state index >= 15 is 0 Å². The van der Waals surface area contributed by atoms with Gasteiger partial charge in [-0.1, -0.05) is 13.8 Å². The summed E-state index contributed by atoms with van der Waals surface area (Å²) < 4.78 is 5.82. The second-order valence-corrected chi connectivity index (χ2v) is 5.62. The Morgan fingerprint density at radius 1 is 1.63 bits per heavy atom. The molecule has 0 unspecified atom stereocenters. The van der Waals surface area contributed by atoms with Crippen molar-refractivity contribution in [2.75, 3.05) is 19.7 Å². The molecule has 2 rings (SSSR count). The molecular weight excluding hydrogens is 242 g/mol. The zero-order valence-electron chi connectivity index (χ0n) is 12.0. The van der Waals surface area contributed by atoms with Crippen LogP contribution in [-0.4, -0.2) is 46.8 Å². The smallest absolute Gasteiger partial charge is 0.257 e. The number of nitrogens with one attached hydrogen (secondary N) is 1. The molecule has 1 saturated heterocycles. The standard InChI is InChI=1S/C14H23N3O2/c1-10(2)5-7-19-12-4-6-17(9-12)14(18)13-8-15-16-11(13)3/h8,10,12H,4-7,9H2,1-3H3,(H,15,16)/t12-/m0/s1. The van der Waals surface area contributed by atoms with E-state index in [1.807, 2.05) is 11.8 Å². The monoisotopic (exact) mass is 265 g/mol. The first kappa shape index (κ1) is 14.1. The van der Waals surface area contributed by atoms with Gasteiger partial charge in [0.15, 0.2) is 0 Å². The molecule has 1 amide bonds. The topological polar surface area (TPSA) is 58.2 Å². The number of likely N-dealkylation sites (tertiary alicyclic amines) is 1. The predicted molar refractivity (Wildman–Crippen MR) is 73.0 cm³/mol. The summed E-state index contributed by atoms with van der Waals surface area (Å²) in [6, 6.07) is 0. The number of H-pyrrole nitrogens is 1. The molecule has 2 heterocycles. The van der Waals surface area contributed by atoms with E-state index in [0.717, 1.165) is 31.7 Å². The molecule has 1 aliphatic rings. The van der Waals surface area contributed by atoms with E-state index < -0.39 is 0 Å². The van der Waals surface area contributed by atoms with Gasteiger partial charge in [0.2, 0.25) is 0 Å². The zero-order chi connectivity index (χ0) is 13.8. The van der Waals surface area contributed by atoms with Crippen molar-refractivity contribution in [2.45, 2.75) is 39.7 Å². The maximum absolute atomic E-state index is 12.3. The molecule has 0 saturated carbocycles. The van der Waals surface area contributed by atoms with E-state index in [9.17, 15) is 4.79 Å². The van der Waals surface area contributed by atoms with Crippen LogP contribution in [0.1, 0.15) is 42.7 Å². The van der Waals surface area contributed by atoms with Crippen LogP contribution >= 0.6 is 0 Å². The molecule has 1 aliphatic heterocycles. The summed E-state index contributed by atoms with van der Waals surface area (Å²) in [5.41, 5.74) is 1.50. The molecule has 0 aliphatic carbocycles. The number of carbonyl (C=O) groups is 1. The fourth-order valence-electron chi connectivity index (χ4n) is 2.26. The first-order valence-corrected chi connectivity index (χ1v) is 6.98. The molecule has 5 nitrogen and oxygen atoms in total. The summed E-state index contributed by atoms with van der Waals surface area (Å²) in [5, 5.41) is 6.70. The van der Waals surface area contributed by atoms with Crippen LogP contribution in [0.25, 0.3) is 0 Å². The maximum Gasteiger partial charge on any atom is 0.257 e. The van der Waals surface area contributed by atoms with Crippen molar-refractivity contribution < 1.29 is 9.53 Å². The van der Waals surface area contributed by atoms with E-state index in [0.29, 0.717) is 18.0 Å². The van der Waals surface area contributed by atoms with Gasteiger partial charge in [0.25, 0.3) is 5.91 Å². The molecule has 1 aromatic heterocycles. The van der Waals surface area contributed by atoms with Crippen molar-refractivity contribution in [2.24, 2.45) is 5.92 Å². The number of aromatic amines is 1. The van der Waals surface area contributed by atoms with E-state index in [1.165, 1.54) is 0 Å². The molecule has 1 aromatic rings. The average molecular weight is 265 g/mol. The number of rotatable bonds is 5. The summed E-state index contributed by atoms with van der Waals surface area (Å²) in [4.78, 5) is 14.1. The number of aryl methyl sites for hydroxylation is 1. The van der Waals surface area contributed by atoms with Gasteiger partial charge >= 0.3 is 0 Å². The summed E-state index contributed by atoms with van der Waals surface area (Å²) in [6.07, 6.45) is 3.80. The summed E-state index contributed by atoms with van der Waals surface area (Å²) in [7, 11) is 0. The first-order chi connectivity index (χ1) is 9.08. The molecule has 19 heavy (non-hydrogen) atoms. The number of hydrogen-bond acceptors (Lipinski definition) is 3. The largest absolute Gasteiger partial charge is 0.376 e. The third-order valence-corrected chi connectivity index (χ3v) is 3.54. The van der Waals surface area contributed by atoms with Gasteiger partial charge in [0.1, 0.15) is 0 Å². The van der Waals surface area contributed by atoms with Crippen LogP contribution in [0.15, 0.2) is 6.20 Å². The van der Waals surface area contributed by atoms with Gasteiger partial charge in [-0.25, -0.2) is 0 Å². The number of amides is 1. The molecule has 0 spiro atoms. The molecule has 0 bridgehead atoms. The minimum atomic E-state index is 0.0567. The van der Waals surface area contributed by atoms with Crippen LogP contribution in [0.4, 0.5) is 0 Å². The fourth-order valence-corrected chi connectivity index (χ4v) is 2.26. The highest BCUT2D eigenvalue weighted by Crippen LogP contribution is 2.17. The Labute approximate surface area is 114 Å². The third kappa shape index (κ3) is 3.56. The fraction of sp³-hybridized carbons (Fsp3) is 0.714. The number of ether oxygens (including phenoxy) is 1. The van der Waals surface area contributed by atoms with Crippen molar-refractivity contribution >= 4 is 5.91 Å². The van der Waals surface area contributed by atoms with Crippen LogP contribution < -0.4 is 0 Å². The predicted octanol–water partition coefficient (Wildman–Crippen LogP) is 2.00. The Balaban J connectivity index is 1.82. The molecule has 1 fully saturated rings. The minimum Gasteiger partial charge on any atom is -0.376 e. The van der Waals surface area contributed by atoms with Crippen molar-refractivity contribution in [3.63, 3.8) is 0 Å². The normalized spacial score (nSPS) is 19.4. The molecule has 1 atom stereocenters. The van der Waals surface area contributed by atoms with E-state index in [2.05, 4.69) is 24.0 Å². The van der Waals surface area contributed by atoms with Gasteiger partial charge in [0.05, 0.1) is 17.9 Å². The van der Waals surface area contributed by atoms with Crippen LogP contribution in [0.5, 0.6) is 0 Å². The lowest BCUT2D eigenvalue weighted by Crippen LogP contribution is -2.30. The summed E-state index contributed by atoms with van der Waals surface area (Å²) >= 11 is 0. The van der Waals surface area contributed by atoms with Gasteiger partial charge in [-0.05, 0) is 25.7 Å². The van der Waals surface area contributed by atoms with Crippen molar-refractivity contribution in [1.82, 2.24) is 15.1 Å². The highest BCUT2D eigenvalue weighted by atomic mass is 16.5. The highest BCUT2D eigenvalue weighted by molar-refractivity contribution is 5.95. The number of aromatic nitrogens is 2. The van der Waals surface area contributed by atoms with Gasteiger partial charge < -0.3 is 9.64 Å². The number of nitrogens with zero attached hydrogens (tertiary/aromatic N) is 2. The Morgan fingerprint density at radius 3 is 3.05 bits per heavy atom. The van der Waals surface area contributed by atoms with Crippen molar-refractivity contribution in [3.8, 4) is 0 Å². The van der Waals surface area contributed by atoms with Gasteiger partial charge in [-0.2, -0.15) is 5.10 Å². The van der Waals surface area contributed by atoms with Gasteiger partial charge in [-0.3, -0.25) is 9.89 Å². The SMILES string of the molecule is Cc1[nH]ncc1C(=O)N1CC[C@H](OCCC(C)C)C1. The second kappa shape index (κ2) is 6.19. The highest BCUT2D eigenvalue weighted by Gasteiger charge is 2.28. The van der Waals surface area contributed by atoms with Crippen LogP contribution in [0.3, 0.4) is 0 Å². The molecule has 0 aromatic carbocycles. The van der Waals surface area contributed by atoms with Crippen molar-refractivity contribution in [3.05, 3.63) is 17.5 Å². The Kier molecular flexibility index (Phi) is 4.58. The van der Waals surface area contributed by atoms with Gasteiger partial charge in [0, 0.05) is 25.4 Å². The number of carbonyl (C=O) groups excluding carboxylic acids is 1. The van der Waals surface area contributed by atoms with Crippen LogP contribution in [-0.2, 0) is 4.74 Å². The first-order valence-electron chi connectivity index (χ1n) is 6.98. The van der Waals surface area contributed by atoms with E-state index in [-0.39, 0.29) is 12.0 Å². The van der Waals surface area contributed by atoms with Crippen LogP contribution in [0, 0.1) is 12.8 Å². The van der Waals surface area contributed by atoms with E-state index in [4.69, 9.17) is 4.74 Å². The average Bonchev–Trinajstić information content (AvgIpc) is 2.97.